The summed E-state index contributed by atoms with van der Waals surface area (Å²) in [4.78, 5) is 16.8. The van der Waals surface area contributed by atoms with Crippen molar-refractivity contribution < 1.29 is 14.3 Å². The molecular weight excluding hydrogens is 412 g/mol. The van der Waals surface area contributed by atoms with Crippen LogP contribution in [-0.4, -0.2) is 28.2 Å². The topological polar surface area (TPSA) is 86.2 Å². The van der Waals surface area contributed by atoms with Crippen LogP contribution in [0.15, 0.2) is 67.0 Å². The second-order valence-corrected chi connectivity index (χ2v) is 7.67. The summed E-state index contributed by atoms with van der Waals surface area (Å²) in [5.41, 5.74) is 3.41. The minimum atomic E-state index is -0.304. The van der Waals surface area contributed by atoms with Gasteiger partial charge < -0.3 is 9.47 Å². The van der Waals surface area contributed by atoms with Gasteiger partial charge in [-0.1, -0.05) is 41.7 Å². The molecule has 0 bridgehead atoms. The van der Waals surface area contributed by atoms with E-state index in [4.69, 9.17) is 9.47 Å². The summed E-state index contributed by atoms with van der Waals surface area (Å²) >= 11 is 1.30. The Hall–Kier alpha value is -3.78. The summed E-state index contributed by atoms with van der Waals surface area (Å²) in [5.74, 6) is 0.741. The second-order valence-electron chi connectivity index (χ2n) is 6.70. The number of aromatic nitrogens is 3. The molecule has 0 spiro atoms. The Morgan fingerprint density at radius 3 is 2.68 bits per heavy atom. The first kappa shape index (κ1) is 20.5. The van der Waals surface area contributed by atoms with Crippen molar-refractivity contribution in [2.24, 2.45) is 0 Å². The standard InChI is InChI=1S/C23H20N4O3S/c1-15-13-24-11-10-18(15)22-26-27-23(31-22)25-21(28)17-8-9-19(20(12-17)29-2)30-14-16-6-4-3-5-7-16/h3-13H,14H2,1-2H3,(H,25,27,28). The molecule has 1 amide bonds. The molecule has 0 atom stereocenters. The lowest BCUT2D eigenvalue weighted by Crippen LogP contribution is -2.12. The van der Waals surface area contributed by atoms with Crippen molar-refractivity contribution in [2.75, 3.05) is 12.4 Å². The van der Waals surface area contributed by atoms with Crippen LogP contribution in [0.4, 0.5) is 5.13 Å². The number of nitrogens with zero attached hydrogens (tertiary/aromatic N) is 3. The van der Waals surface area contributed by atoms with Gasteiger partial charge in [0.05, 0.1) is 7.11 Å². The molecule has 0 saturated heterocycles. The first-order valence-electron chi connectivity index (χ1n) is 9.54. The summed E-state index contributed by atoms with van der Waals surface area (Å²) in [5, 5.41) is 12.2. The zero-order valence-corrected chi connectivity index (χ0v) is 17.8. The summed E-state index contributed by atoms with van der Waals surface area (Å²) < 4.78 is 11.3. The number of pyridine rings is 1. The van der Waals surface area contributed by atoms with E-state index in [1.54, 1.807) is 37.7 Å². The Labute approximate surface area is 183 Å². The van der Waals surface area contributed by atoms with Gasteiger partial charge in [0.25, 0.3) is 5.91 Å². The number of nitrogens with one attached hydrogen (secondary N) is 1. The number of benzene rings is 2. The first-order chi connectivity index (χ1) is 15.1. The molecule has 4 rings (SSSR count). The van der Waals surface area contributed by atoms with E-state index in [-0.39, 0.29) is 5.91 Å². The SMILES string of the molecule is COc1cc(C(=O)Nc2nnc(-c3ccncc3C)s2)ccc1OCc1ccccc1. The van der Waals surface area contributed by atoms with Crippen molar-refractivity contribution in [2.45, 2.75) is 13.5 Å². The number of anilines is 1. The summed E-state index contributed by atoms with van der Waals surface area (Å²) in [6, 6.07) is 16.8. The third-order valence-corrected chi connectivity index (χ3v) is 5.43. The van der Waals surface area contributed by atoms with Crippen LogP contribution in [-0.2, 0) is 6.61 Å². The van der Waals surface area contributed by atoms with Gasteiger partial charge in [0.1, 0.15) is 11.6 Å². The van der Waals surface area contributed by atoms with Crippen LogP contribution >= 0.6 is 11.3 Å². The number of methoxy groups -OCH3 is 1. The maximum Gasteiger partial charge on any atom is 0.257 e. The molecule has 0 aliphatic carbocycles. The quantitative estimate of drug-likeness (QED) is 0.454. The predicted molar refractivity (Wildman–Crippen MR) is 120 cm³/mol. The van der Waals surface area contributed by atoms with Crippen LogP contribution in [0.5, 0.6) is 11.5 Å². The van der Waals surface area contributed by atoms with Crippen molar-refractivity contribution in [3.63, 3.8) is 0 Å². The highest BCUT2D eigenvalue weighted by Gasteiger charge is 2.15. The van der Waals surface area contributed by atoms with Crippen molar-refractivity contribution in [3.05, 3.63) is 83.7 Å². The largest absolute Gasteiger partial charge is 0.493 e. The fourth-order valence-electron chi connectivity index (χ4n) is 2.93. The van der Waals surface area contributed by atoms with Crippen LogP contribution in [0.3, 0.4) is 0 Å². The lowest BCUT2D eigenvalue weighted by Gasteiger charge is -2.12. The highest BCUT2D eigenvalue weighted by molar-refractivity contribution is 7.18. The number of rotatable bonds is 7. The maximum absolute atomic E-state index is 12.7. The molecule has 4 aromatic rings. The van der Waals surface area contributed by atoms with E-state index >= 15 is 0 Å². The number of ether oxygens (including phenoxy) is 2. The normalized spacial score (nSPS) is 10.5. The molecule has 156 valence electrons. The Balaban J connectivity index is 1.46. The minimum absolute atomic E-state index is 0.304. The van der Waals surface area contributed by atoms with Gasteiger partial charge in [-0.05, 0) is 42.3 Å². The molecular formula is C23H20N4O3S. The van der Waals surface area contributed by atoms with Crippen LogP contribution in [0.2, 0.25) is 0 Å². The van der Waals surface area contributed by atoms with Crippen LogP contribution in [0.25, 0.3) is 10.6 Å². The molecule has 2 aromatic carbocycles. The molecule has 7 nitrogen and oxygen atoms in total. The van der Waals surface area contributed by atoms with E-state index in [1.807, 2.05) is 43.3 Å². The third-order valence-electron chi connectivity index (χ3n) is 4.56. The summed E-state index contributed by atoms with van der Waals surface area (Å²) in [6.07, 6.45) is 3.47. The zero-order chi connectivity index (χ0) is 21.6. The molecule has 0 aliphatic heterocycles. The van der Waals surface area contributed by atoms with Crippen molar-refractivity contribution in [3.8, 4) is 22.1 Å². The average Bonchev–Trinajstić information content (AvgIpc) is 3.26. The molecule has 2 aromatic heterocycles. The van der Waals surface area contributed by atoms with Gasteiger partial charge in [0.2, 0.25) is 5.13 Å². The maximum atomic E-state index is 12.7. The number of carbonyl (C=O) groups excluding carboxylic acids is 1. The van der Waals surface area contributed by atoms with Crippen LogP contribution < -0.4 is 14.8 Å². The number of amides is 1. The smallest absolute Gasteiger partial charge is 0.257 e. The molecule has 1 N–H and O–H groups in total. The van der Waals surface area contributed by atoms with Crippen molar-refractivity contribution in [1.82, 2.24) is 15.2 Å². The molecule has 0 aliphatic rings. The van der Waals surface area contributed by atoms with Gasteiger partial charge in [0, 0.05) is 23.5 Å². The molecule has 31 heavy (non-hydrogen) atoms. The van der Waals surface area contributed by atoms with Gasteiger partial charge >= 0.3 is 0 Å². The summed E-state index contributed by atoms with van der Waals surface area (Å²) in [6.45, 7) is 2.36. The van der Waals surface area contributed by atoms with Crippen molar-refractivity contribution in [1.29, 1.82) is 0 Å². The van der Waals surface area contributed by atoms with Gasteiger partial charge in [-0.15, -0.1) is 10.2 Å². The third kappa shape index (κ3) is 4.87. The lowest BCUT2D eigenvalue weighted by molar-refractivity contribution is 0.102. The van der Waals surface area contributed by atoms with E-state index in [1.165, 1.54) is 11.3 Å². The first-order valence-corrected chi connectivity index (χ1v) is 10.4. The van der Waals surface area contributed by atoms with Gasteiger partial charge in [-0.25, -0.2) is 0 Å². The Bertz CT molecular complexity index is 1190. The molecule has 0 saturated carbocycles. The van der Waals surface area contributed by atoms with E-state index in [0.29, 0.717) is 28.8 Å². The van der Waals surface area contributed by atoms with E-state index in [2.05, 4.69) is 20.5 Å². The van der Waals surface area contributed by atoms with Gasteiger partial charge in [-0.3, -0.25) is 15.1 Å². The van der Waals surface area contributed by atoms with Gasteiger partial charge in [-0.2, -0.15) is 0 Å². The van der Waals surface area contributed by atoms with Crippen LogP contribution in [0.1, 0.15) is 21.5 Å². The van der Waals surface area contributed by atoms with E-state index in [0.717, 1.165) is 21.7 Å². The predicted octanol–water partition coefficient (Wildman–Crippen LogP) is 4.75. The average molecular weight is 433 g/mol. The number of carbonyl (C=O) groups is 1. The highest BCUT2D eigenvalue weighted by Crippen LogP contribution is 2.31. The zero-order valence-electron chi connectivity index (χ0n) is 17.0. The summed E-state index contributed by atoms with van der Waals surface area (Å²) in [7, 11) is 1.54. The number of hydrogen-bond donors (Lipinski definition) is 1. The number of hydrogen-bond acceptors (Lipinski definition) is 7. The van der Waals surface area contributed by atoms with E-state index in [9.17, 15) is 4.79 Å². The molecule has 2 heterocycles. The molecule has 0 unspecified atom stereocenters. The molecule has 0 radical (unpaired) electrons. The highest BCUT2D eigenvalue weighted by atomic mass is 32.1. The lowest BCUT2D eigenvalue weighted by atomic mass is 10.2. The fourth-order valence-corrected chi connectivity index (χ4v) is 3.76. The Morgan fingerprint density at radius 1 is 1.06 bits per heavy atom. The second kappa shape index (κ2) is 9.36. The van der Waals surface area contributed by atoms with Crippen LogP contribution in [0, 0.1) is 6.92 Å². The fraction of sp³-hybridized carbons (Fsp3) is 0.130. The minimum Gasteiger partial charge on any atom is -0.493 e. The number of aryl methyl sites for hydroxylation is 1. The van der Waals surface area contributed by atoms with Gasteiger partial charge in [0.15, 0.2) is 11.5 Å². The Kier molecular flexibility index (Phi) is 6.18. The van der Waals surface area contributed by atoms with Crippen molar-refractivity contribution >= 4 is 22.4 Å². The monoisotopic (exact) mass is 432 g/mol. The Morgan fingerprint density at radius 2 is 1.90 bits per heavy atom. The molecule has 0 fully saturated rings. The molecule has 8 heteroatoms. The van der Waals surface area contributed by atoms with E-state index < -0.39 is 0 Å².